The lowest BCUT2D eigenvalue weighted by Gasteiger charge is -2.32. The van der Waals surface area contributed by atoms with E-state index in [4.69, 9.17) is 0 Å². The Morgan fingerprint density at radius 2 is 2.14 bits per heavy atom. The Morgan fingerprint density at radius 3 is 2.76 bits per heavy atom. The van der Waals surface area contributed by atoms with E-state index in [1.807, 2.05) is 6.92 Å². The summed E-state index contributed by atoms with van der Waals surface area (Å²) in [7, 11) is -3.51. The van der Waals surface area contributed by atoms with Crippen LogP contribution in [0.15, 0.2) is 27.6 Å². The van der Waals surface area contributed by atoms with Gasteiger partial charge in [-0.3, -0.25) is 4.79 Å². The number of piperidine rings is 1. The average Bonchev–Trinajstić information content (AvgIpc) is 2.41. The van der Waals surface area contributed by atoms with Crippen molar-refractivity contribution in [1.29, 1.82) is 0 Å². The summed E-state index contributed by atoms with van der Waals surface area (Å²) >= 11 is 3.37. The first-order chi connectivity index (χ1) is 9.80. The van der Waals surface area contributed by atoms with E-state index in [-0.39, 0.29) is 11.9 Å². The molecule has 2 rings (SSSR count). The second-order valence-electron chi connectivity index (χ2n) is 5.31. The van der Waals surface area contributed by atoms with Crippen LogP contribution in [0.1, 0.15) is 25.3 Å². The predicted molar refractivity (Wildman–Crippen MR) is 84.5 cm³/mol. The van der Waals surface area contributed by atoms with Crippen molar-refractivity contribution >= 4 is 31.9 Å². The number of nitrogens with zero attached hydrogens (tertiary/aromatic N) is 1. The number of hydrogen-bond donors (Lipinski definition) is 1. The molecule has 1 fully saturated rings. The van der Waals surface area contributed by atoms with Gasteiger partial charge in [-0.15, -0.1) is 0 Å². The molecule has 1 aromatic carbocycles. The van der Waals surface area contributed by atoms with Crippen molar-refractivity contribution in [1.82, 2.24) is 9.62 Å². The quantitative estimate of drug-likeness (QED) is 0.880. The summed E-state index contributed by atoms with van der Waals surface area (Å²) in [6.45, 7) is 4.13. The number of rotatable bonds is 3. The second kappa shape index (κ2) is 6.46. The topological polar surface area (TPSA) is 66.5 Å². The van der Waals surface area contributed by atoms with E-state index in [2.05, 4.69) is 21.2 Å². The lowest BCUT2D eigenvalue weighted by molar-refractivity contribution is -0.119. The van der Waals surface area contributed by atoms with Crippen LogP contribution in [-0.4, -0.2) is 37.8 Å². The summed E-state index contributed by atoms with van der Waals surface area (Å²) in [6.07, 6.45) is 1.56. The molecule has 7 heteroatoms. The fraction of sp³-hybridized carbons (Fsp3) is 0.500. The van der Waals surface area contributed by atoms with Crippen molar-refractivity contribution in [2.24, 2.45) is 0 Å². The third-order valence-electron chi connectivity index (χ3n) is 3.56. The van der Waals surface area contributed by atoms with Gasteiger partial charge in [-0.05, 0) is 43.5 Å². The first kappa shape index (κ1) is 16.5. The lowest BCUT2D eigenvalue weighted by atomic mass is 10.1. The molecule has 1 aromatic rings. The highest BCUT2D eigenvalue weighted by atomic mass is 79.9. The molecule has 1 atom stereocenters. The van der Waals surface area contributed by atoms with Crippen LogP contribution in [0.25, 0.3) is 0 Å². The van der Waals surface area contributed by atoms with Crippen LogP contribution in [-0.2, 0) is 14.8 Å². The highest BCUT2D eigenvalue weighted by Gasteiger charge is 2.30. The van der Waals surface area contributed by atoms with Crippen LogP contribution in [0.5, 0.6) is 0 Å². The molecule has 21 heavy (non-hydrogen) atoms. The number of amides is 1. The van der Waals surface area contributed by atoms with E-state index in [0.717, 1.165) is 22.9 Å². The molecule has 5 nitrogen and oxygen atoms in total. The molecule has 0 bridgehead atoms. The summed E-state index contributed by atoms with van der Waals surface area (Å²) < 4.78 is 27.7. The summed E-state index contributed by atoms with van der Waals surface area (Å²) in [6, 6.07) is 4.91. The molecule has 116 valence electrons. The molecule has 1 N–H and O–H groups in total. The van der Waals surface area contributed by atoms with Gasteiger partial charge in [-0.1, -0.05) is 15.9 Å². The van der Waals surface area contributed by atoms with Crippen LogP contribution in [0.4, 0.5) is 0 Å². The summed E-state index contributed by atoms with van der Waals surface area (Å²) in [4.78, 5) is 11.4. The maximum Gasteiger partial charge on any atom is 0.243 e. The minimum Gasteiger partial charge on any atom is -0.352 e. The molecule has 0 aliphatic carbocycles. The highest BCUT2D eigenvalue weighted by Crippen LogP contribution is 2.24. The van der Waals surface area contributed by atoms with Gasteiger partial charge in [0, 0.05) is 30.5 Å². The number of carbonyl (C=O) groups excluding carboxylic acids is 1. The first-order valence-corrected chi connectivity index (χ1v) is 9.07. The Balaban J connectivity index is 2.22. The van der Waals surface area contributed by atoms with Crippen molar-refractivity contribution in [2.75, 3.05) is 13.1 Å². The van der Waals surface area contributed by atoms with Gasteiger partial charge in [0.1, 0.15) is 0 Å². The van der Waals surface area contributed by atoms with Crippen molar-refractivity contribution in [3.8, 4) is 0 Å². The molecule has 1 aliphatic rings. The minimum absolute atomic E-state index is 0.109. The van der Waals surface area contributed by atoms with Crippen LogP contribution in [0.2, 0.25) is 0 Å². The molecular formula is C14H19BrN2O3S. The van der Waals surface area contributed by atoms with Crippen LogP contribution >= 0.6 is 15.9 Å². The maximum atomic E-state index is 12.7. The molecular weight excluding hydrogens is 356 g/mol. The zero-order chi connectivity index (χ0) is 15.6. The number of halogens is 1. The minimum atomic E-state index is -3.51. The molecule has 0 radical (unpaired) electrons. The normalized spacial score (nSPS) is 20.2. The summed E-state index contributed by atoms with van der Waals surface area (Å²) in [5, 5.41) is 2.80. The zero-order valence-corrected chi connectivity index (χ0v) is 14.5. The predicted octanol–water partition coefficient (Wildman–Crippen LogP) is 2.05. The van der Waals surface area contributed by atoms with E-state index in [0.29, 0.717) is 18.0 Å². The van der Waals surface area contributed by atoms with Gasteiger partial charge >= 0.3 is 0 Å². The zero-order valence-electron chi connectivity index (χ0n) is 12.1. The van der Waals surface area contributed by atoms with Gasteiger partial charge in [-0.25, -0.2) is 8.42 Å². The Hall–Kier alpha value is -0.920. The SMILES string of the molecule is CC(=O)NC1CCCN(S(=O)(=O)c2ccc(Br)c(C)c2)C1. The van der Waals surface area contributed by atoms with E-state index < -0.39 is 10.0 Å². The highest BCUT2D eigenvalue weighted by molar-refractivity contribution is 9.10. The molecule has 1 heterocycles. The average molecular weight is 375 g/mol. The van der Waals surface area contributed by atoms with Gasteiger partial charge in [0.05, 0.1) is 4.90 Å². The maximum absolute atomic E-state index is 12.7. The van der Waals surface area contributed by atoms with E-state index in [1.54, 1.807) is 18.2 Å². The van der Waals surface area contributed by atoms with Crippen LogP contribution in [0.3, 0.4) is 0 Å². The molecule has 0 aromatic heterocycles. The van der Waals surface area contributed by atoms with Gasteiger partial charge in [0.15, 0.2) is 0 Å². The van der Waals surface area contributed by atoms with Crippen molar-refractivity contribution < 1.29 is 13.2 Å². The van der Waals surface area contributed by atoms with E-state index in [9.17, 15) is 13.2 Å². The Bertz CT molecular complexity index is 646. The number of nitrogens with one attached hydrogen (secondary N) is 1. The fourth-order valence-electron chi connectivity index (χ4n) is 2.49. The largest absolute Gasteiger partial charge is 0.352 e. The summed E-state index contributed by atoms with van der Waals surface area (Å²) in [5.41, 5.74) is 0.881. The molecule has 1 amide bonds. The lowest BCUT2D eigenvalue weighted by Crippen LogP contribution is -2.49. The Morgan fingerprint density at radius 1 is 1.43 bits per heavy atom. The number of benzene rings is 1. The number of hydrogen-bond acceptors (Lipinski definition) is 3. The van der Waals surface area contributed by atoms with Crippen molar-refractivity contribution in [3.63, 3.8) is 0 Å². The van der Waals surface area contributed by atoms with Gasteiger partial charge in [-0.2, -0.15) is 4.31 Å². The monoisotopic (exact) mass is 374 g/mol. The van der Waals surface area contributed by atoms with Gasteiger partial charge < -0.3 is 5.32 Å². The third-order valence-corrected chi connectivity index (χ3v) is 6.31. The Kier molecular flexibility index (Phi) is 5.06. The first-order valence-electron chi connectivity index (χ1n) is 6.84. The standard InChI is InChI=1S/C14H19BrN2O3S/c1-10-8-13(5-6-14(10)15)21(19,20)17-7-3-4-12(9-17)16-11(2)18/h5-6,8,12H,3-4,7,9H2,1-2H3,(H,16,18). The van der Waals surface area contributed by atoms with Gasteiger partial charge in [0.2, 0.25) is 15.9 Å². The smallest absolute Gasteiger partial charge is 0.243 e. The molecule has 1 unspecified atom stereocenters. The van der Waals surface area contributed by atoms with Crippen LogP contribution in [0, 0.1) is 6.92 Å². The number of aryl methyl sites for hydroxylation is 1. The number of carbonyl (C=O) groups is 1. The van der Waals surface area contributed by atoms with Crippen LogP contribution < -0.4 is 5.32 Å². The van der Waals surface area contributed by atoms with Crippen molar-refractivity contribution in [3.05, 3.63) is 28.2 Å². The molecule has 1 aliphatic heterocycles. The molecule has 0 spiro atoms. The van der Waals surface area contributed by atoms with Gasteiger partial charge in [0.25, 0.3) is 0 Å². The number of sulfonamides is 1. The third kappa shape index (κ3) is 3.84. The van der Waals surface area contributed by atoms with E-state index in [1.165, 1.54) is 11.2 Å². The van der Waals surface area contributed by atoms with Crippen molar-refractivity contribution in [2.45, 2.75) is 37.6 Å². The Labute approximate surface area is 133 Å². The van der Waals surface area contributed by atoms with E-state index >= 15 is 0 Å². The molecule has 1 saturated heterocycles. The second-order valence-corrected chi connectivity index (χ2v) is 8.11. The fourth-order valence-corrected chi connectivity index (χ4v) is 4.35. The summed E-state index contributed by atoms with van der Waals surface area (Å²) in [5.74, 6) is -0.126. The molecule has 0 saturated carbocycles.